The Morgan fingerprint density at radius 2 is 1.93 bits per heavy atom. The molecule has 158 valence electrons. The molecule has 2 aromatic carbocycles. The molecule has 0 spiro atoms. The van der Waals surface area contributed by atoms with Gasteiger partial charge >= 0.3 is 0 Å². The van der Waals surface area contributed by atoms with Crippen molar-refractivity contribution in [2.24, 2.45) is 0 Å². The van der Waals surface area contributed by atoms with Crippen molar-refractivity contribution in [3.63, 3.8) is 0 Å². The molecular formula is C24H29N3O2S. The molecule has 0 atom stereocenters. The molecule has 0 fully saturated rings. The zero-order valence-electron chi connectivity index (χ0n) is 17.8. The van der Waals surface area contributed by atoms with Gasteiger partial charge in [0.1, 0.15) is 0 Å². The number of rotatable bonds is 7. The van der Waals surface area contributed by atoms with Crippen LogP contribution < -0.4 is 10.9 Å². The summed E-state index contributed by atoms with van der Waals surface area (Å²) in [7, 11) is 0. The summed E-state index contributed by atoms with van der Waals surface area (Å²) in [5.74, 6) is 0. The van der Waals surface area contributed by atoms with Crippen molar-refractivity contribution in [3.8, 4) is 0 Å². The summed E-state index contributed by atoms with van der Waals surface area (Å²) >= 11 is 5.68. The predicted molar refractivity (Wildman–Crippen MR) is 128 cm³/mol. The number of nitrogens with zero attached hydrogens (tertiary/aromatic N) is 1. The third-order valence-electron chi connectivity index (χ3n) is 5.50. The summed E-state index contributed by atoms with van der Waals surface area (Å²) in [6.07, 6.45) is 1.46. The van der Waals surface area contributed by atoms with Crippen LogP contribution in [0.3, 0.4) is 0 Å². The molecule has 0 aliphatic heterocycles. The molecule has 0 saturated carbocycles. The van der Waals surface area contributed by atoms with E-state index in [9.17, 15) is 9.90 Å². The van der Waals surface area contributed by atoms with E-state index in [4.69, 9.17) is 12.2 Å². The van der Waals surface area contributed by atoms with Crippen molar-refractivity contribution < 1.29 is 5.11 Å². The van der Waals surface area contributed by atoms with Crippen LogP contribution in [0.4, 0.5) is 5.69 Å². The number of pyridine rings is 1. The van der Waals surface area contributed by atoms with E-state index in [0.29, 0.717) is 30.2 Å². The lowest BCUT2D eigenvalue weighted by molar-refractivity contribution is 0.265. The molecule has 3 N–H and O–H groups in total. The van der Waals surface area contributed by atoms with E-state index in [0.717, 1.165) is 34.1 Å². The number of fused-ring (bicyclic) bond motifs is 1. The highest BCUT2D eigenvalue weighted by Gasteiger charge is 2.15. The number of H-pyrrole nitrogens is 1. The molecule has 5 nitrogen and oxygen atoms in total. The topological polar surface area (TPSA) is 68.4 Å². The second-order valence-corrected chi connectivity index (χ2v) is 7.92. The molecule has 0 radical (unpaired) electrons. The standard InChI is InChI=1S/C24H29N3O2S/c1-4-18-8-5-6-9-21(18)25-24(30)27(12-7-13-28)15-20-14-19-11-10-16(2)17(3)22(19)26-23(20)29/h5-6,8-11,14,28H,4,7,12-13,15H2,1-3H3,(H,25,30)(H,26,29). The number of hydrogen-bond acceptors (Lipinski definition) is 3. The minimum Gasteiger partial charge on any atom is -0.396 e. The zero-order chi connectivity index (χ0) is 21.7. The number of thiocarbonyl (C=S) groups is 1. The van der Waals surface area contributed by atoms with Crippen molar-refractivity contribution in [1.29, 1.82) is 0 Å². The van der Waals surface area contributed by atoms with Gasteiger partial charge in [0.05, 0.1) is 12.1 Å². The molecule has 1 aromatic heterocycles. The number of para-hydroxylation sites is 1. The van der Waals surface area contributed by atoms with E-state index < -0.39 is 0 Å². The van der Waals surface area contributed by atoms with Crippen LogP contribution in [0.5, 0.6) is 0 Å². The first-order valence-electron chi connectivity index (χ1n) is 10.3. The number of aromatic nitrogens is 1. The van der Waals surface area contributed by atoms with Crippen LogP contribution in [0.2, 0.25) is 0 Å². The van der Waals surface area contributed by atoms with Gasteiger partial charge in [-0.3, -0.25) is 4.79 Å². The van der Waals surface area contributed by atoms with Gasteiger partial charge in [-0.05, 0) is 73.1 Å². The van der Waals surface area contributed by atoms with Crippen LogP contribution in [-0.2, 0) is 13.0 Å². The average molecular weight is 424 g/mol. The number of aliphatic hydroxyl groups is 1. The SMILES string of the molecule is CCc1ccccc1NC(=S)N(CCCO)Cc1cc2ccc(C)c(C)c2[nH]c1=O. The zero-order valence-corrected chi connectivity index (χ0v) is 18.6. The fourth-order valence-corrected chi connectivity index (χ4v) is 3.82. The van der Waals surface area contributed by atoms with Crippen LogP contribution in [-0.4, -0.2) is 33.3 Å². The van der Waals surface area contributed by atoms with Crippen LogP contribution in [0.1, 0.15) is 35.6 Å². The van der Waals surface area contributed by atoms with Gasteiger partial charge in [0, 0.05) is 24.4 Å². The number of aliphatic hydroxyl groups excluding tert-OH is 1. The first-order valence-corrected chi connectivity index (χ1v) is 10.7. The summed E-state index contributed by atoms with van der Waals surface area (Å²) in [5, 5.41) is 14.2. The second-order valence-electron chi connectivity index (χ2n) is 7.53. The van der Waals surface area contributed by atoms with Crippen LogP contribution in [0.15, 0.2) is 47.3 Å². The van der Waals surface area contributed by atoms with Gasteiger partial charge in [-0.1, -0.05) is 37.3 Å². The average Bonchev–Trinajstić information content (AvgIpc) is 2.75. The lowest BCUT2D eigenvalue weighted by atomic mass is 10.0. The number of aryl methyl sites for hydroxylation is 3. The molecule has 3 aromatic rings. The molecule has 0 unspecified atom stereocenters. The minimum atomic E-state index is -0.109. The van der Waals surface area contributed by atoms with Gasteiger partial charge in [-0.2, -0.15) is 0 Å². The molecule has 0 amide bonds. The maximum Gasteiger partial charge on any atom is 0.253 e. The Morgan fingerprint density at radius 1 is 1.17 bits per heavy atom. The highest BCUT2D eigenvalue weighted by Crippen LogP contribution is 2.20. The molecule has 0 saturated heterocycles. The summed E-state index contributed by atoms with van der Waals surface area (Å²) in [4.78, 5) is 17.8. The third-order valence-corrected chi connectivity index (χ3v) is 5.86. The van der Waals surface area contributed by atoms with Gasteiger partial charge in [-0.25, -0.2) is 0 Å². The predicted octanol–water partition coefficient (Wildman–Crippen LogP) is 4.29. The van der Waals surface area contributed by atoms with E-state index in [1.54, 1.807) is 0 Å². The van der Waals surface area contributed by atoms with E-state index in [-0.39, 0.29) is 12.2 Å². The van der Waals surface area contributed by atoms with Gasteiger partial charge < -0.3 is 20.3 Å². The lowest BCUT2D eigenvalue weighted by Gasteiger charge is -2.26. The molecule has 0 aliphatic rings. The highest BCUT2D eigenvalue weighted by atomic mass is 32.1. The Labute approximate surface area is 182 Å². The van der Waals surface area contributed by atoms with Gasteiger partial charge in [-0.15, -0.1) is 0 Å². The van der Waals surface area contributed by atoms with E-state index in [1.807, 2.05) is 49.1 Å². The Balaban J connectivity index is 1.89. The van der Waals surface area contributed by atoms with Crippen LogP contribution in [0, 0.1) is 13.8 Å². The number of anilines is 1. The first-order chi connectivity index (χ1) is 14.4. The minimum absolute atomic E-state index is 0.0667. The summed E-state index contributed by atoms with van der Waals surface area (Å²) in [6, 6.07) is 14.1. The Hall–Kier alpha value is -2.70. The normalized spacial score (nSPS) is 10.9. The Kier molecular flexibility index (Phi) is 7.24. The molecular weight excluding hydrogens is 394 g/mol. The summed E-state index contributed by atoms with van der Waals surface area (Å²) in [6.45, 7) is 7.16. The number of hydrogen-bond donors (Lipinski definition) is 3. The fraction of sp³-hybridized carbons (Fsp3) is 0.333. The van der Waals surface area contributed by atoms with E-state index in [1.165, 1.54) is 5.56 Å². The lowest BCUT2D eigenvalue weighted by Crippen LogP contribution is -2.37. The van der Waals surface area contributed by atoms with Crippen molar-refractivity contribution in [3.05, 3.63) is 75.1 Å². The molecule has 0 aliphatic carbocycles. The largest absolute Gasteiger partial charge is 0.396 e. The quantitative estimate of drug-likeness (QED) is 0.495. The van der Waals surface area contributed by atoms with Crippen molar-refractivity contribution in [2.75, 3.05) is 18.5 Å². The molecule has 30 heavy (non-hydrogen) atoms. The number of benzene rings is 2. The highest BCUT2D eigenvalue weighted by molar-refractivity contribution is 7.80. The van der Waals surface area contributed by atoms with E-state index >= 15 is 0 Å². The maximum absolute atomic E-state index is 12.8. The third kappa shape index (κ3) is 4.89. The van der Waals surface area contributed by atoms with E-state index in [2.05, 4.69) is 29.4 Å². The van der Waals surface area contributed by atoms with Crippen molar-refractivity contribution in [2.45, 2.75) is 40.2 Å². The monoisotopic (exact) mass is 423 g/mol. The van der Waals surface area contributed by atoms with Crippen LogP contribution >= 0.6 is 12.2 Å². The van der Waals surface area contributed by atoms with Gasteiger partial charge in [0.15, 0.2) is 5.11 Å². The number of nitrogens with one attached hydrogen (secondary N) is 2. The maximum atomic E-state index is 12.8. The first kappa shape index (κ1) is 22.0. The fourth-order valence-electron chi connectivity index (χ4n) is 3.55. The Morgan fingerprint density at radius 3 is 2.67 bits per heavy atom. The second kappa shape index (κ2) is 9.87. The van der Waals surface area contributed by atoms with Crippen molar-refractivity contribution >= 4 is 33.9 Å². The van der Waals surface area contributed by atoms with Crippen molar-refractivity contribution in [1.82, 2.24) is 9.88 Å². The molecule has 3 rings (SSSR count). The molecule has 6 heteroatoms. The Bertz CT molecular complexity index is 1110. The smallest absolute Gasteiger partial charge is 0.253 e. The van der Waals surface area contributed by atoms with Gasteiger partial charge in [0.2, 0.25) is 0 Å². The van der Waals surface area contributed by atoms with Crippen LogP contribution in [0.25, 0.3) is 10.9 Å². The van der Waals surface area contributed by atoms with Gasteiger partial charge in [0.25, 0.3) is 5.56 Å². The molecule has 0 bridgehead atoms. The summed E-state index contributed by atoms with van der Waals surface area (Å²) in [5.41, 5.74) is 5.80. The summed E-state index contributed by atoms with van der Waals surface area (Å²) < 4.78 is 0. The molecule has 1 heterocycles. The number of aromatic amines is 1.